The molecular formula is C14H19N3O4. The molecule has 0 bridgehead atoms. The molecular weight excluding hydrogens is 274 g/mol. The minimum atomic E-state index is -0.471. The number of amides is 3. The minimum absolute atomic E-state index is 0.190. The van der Waals surface area contributed by atoms with E-state index >= 15 is 0 Å². The lowest BCUT2D eigenvalue weighted by Gasteiger charge is -2.26. The third kappa shape index (κ3) is 2.21. The molecule has 0 N–H and O–H groups in total. The first-order valence-corrected chi connectivity index (χ1v) is 7.33. The highest BCUT2D eigenvalue weighted by Crippen LogP contribution is 2.25. The molecule has 21 heavy (non-hydrogen) atoms. The van der Waals surface area contributed by atoms with Crippen molar-refractivity contribution in [1.82, 2.24) is 15.0 Å². The SMILES string of the molecule is CCc1noc(CC)c1CN1C(=O)C2COCCN2C1=O. The minimum Gasteiger partial charge on any atom is -0.377 e. The first kappa shape index (κ1) is 14.1. The molecule has 3 heterocycles. The number of aromatic nitrogens is 1. The van der Waals surface area contributed by atoms with E-state index in [1.54, 1.807) is 4.90 Å². The fourth-order valence-electron chi connectivity index (χ4n) is 2.89. The van der Waals surface area contributed by atoms with Gasteiger partial charge in [0.25, 0.3) is 5.91 Å². The summed E-state index contributed by atoms with van der Waals surface area (Å²) >= 11 is 0. The zero-order valence-electron chi connectivity index (χ0n) is 12.3. The van der Waals surface area contributed by atoms with Crippen LogP contribution in [0.2, 0.25) is 0 Å². The summed E-state index contributed by atoms with van der Waals surface area (Å²) in [6.45, 7) is 5.42. The van der Waals surface area contributed by atoms with Crippen LogP contribution >= 0.6 is 0 Å². The number of nitrogens with zero attached hydrogens (tertiary/aromatic N) is 3. The van der Waals surface area contributed by atoms with Crippen LogP contribution < -0.4 is 0 Å². The van der Waals surface area contributed by atoms with Crippen LogP contribution in [-0.4, -0.2) is 52.7 Å². The van der Waals surface area contributed by atoms with Crippen molar-refractivity contribution < 1.29 is 18.8 Å². The molecule has 2 saturated heterocycles. The van der Waals surface area contributed by atoms with Crippen molar-refractivity contribution in [3.05, 3.63) is 17.0 Å². The van der Waals surface area contributed by atoms with Gasteiger partial charge in [-0.15, -0.1) is 0 Å². The maximum Gasteiger partial charge on any atom is 0.327 e. The van der Waals surface area contributed by atoms with Crippen molar-refractivity contribution in [1.29, 1.82) is 0 Å². The van der Waals surface area contributed by atoms with Crippen LogP contribution in [0.25, 0.3) is 0 Å². The summed E-state index contributed by atoms with van der Waals surface area (Å²) in [7, 11) is 0. The highest BCUT2D eigenvalue weighted by atomic mass is 16.5. The Labute approximate surface area is 122 Å². The Morgan fingerprint density at radius 2 is 2.10 bits per heavy atom. The molecule has 1 aromatic rings. The predicted octanol–water partition coefficient (Wildman–Crippen LogP) is 0.962. The van der Waals surface area contributed by atoms with Crippen molar-refractivity contribution in [3.63, 3.8) is 0 Å². The standard InChI is InChI=1S/C14H19N3O4/c1-3-10-9(12(4-2)21-15-10)7-17-13(18)11-8-20-6-5-16(11)14(17)19/h11H,3-8H2,1-2H3. The molecule has 114 valence electrons. The van der Waals surface area contributed by atoms with Crippen LogP contribution in [0, 0.1) is 0 Å². The van der Waals surface area contributed by atoms with Gasteiger partial charge in [-0.05, 0) is 6.42 Å². The van der Waals surface area contributed by atoms with Crippen LogP contribution in [0.1, 0.15) is 30.9 Å². The fourth-order valence-corrected chi connectivity index (χ4v) is 2.89. The maximum atomic E-state index is 12.4. The summed E-state index contributed by atoms with van der Waals surface area (Å²) in [6.07, 6.45) is 1.40. The molecule has 7 nitrogen and oxygen atoms in total. The Hall–Kier alpha value is -1.89. The van der Waals surface area contributed by atoms with Crippen molar-refractivity contribution in [2.24, 2.45) is 0 Å². The van der Waals surface area contributed by atoms with Gasteiger partial charge in [0, 0.05) is 18.5 Å². The summed E-state index contributed by atoms with van der Waals surface area (Å²) in [5.74, 6) is 0.554. The zero-order valence-corrected chi connectivity index (χ0v) is 12.3. The van der Waals surface area contributed by atoms with Crippen LogP contribution in [0.15, 0.2) is 4.52 Å². The molecule has 1 aromatic heterocycles. The number of carbonyl (C=O) groups is 2. The van der Waals surface area contributed by atoms with Crippen molar-refractivity contribution in [2.75, 3.05) is 19.8 Å². The summed E-state index contributed by atoms with van der Waals surface area (Å²) in [5, 5.41) is 4.03. The third-order valence-electron chi connectivity index (χ3n) is 4.08. The number of hydrogen-bond donors (Lipinski definition) is 0. The molecule has 2 fully saturated rings. The lowest BCUT2D eigenvalue weighted by Crippen LogP contribution is -2.45. The van der Waals surface area contributed by atoms with Crippen molar-refractivity contribution in [2.45, 2.75) is 39.3 Å². The second-order valence-electron chi connectivity index (χ2n) is 5.23. The molecule has 0 radical (unpaired) electrons. The highest BCUT2D eigenvalue weighted by Gasteiger charge is 2.46. The zero-order chi connectivity index (χ0) is 15.0. The molecule has 2 aliphatic heterocycles. The van der Waals surface area contributed by atoms with Crippen molar-refractivity contribution >= 4 is 11.9 Å². The molecule has 1 atom stereocenters. The molecule has 0 aliphatic carbocycles. The molecule has 0 spiro atoms. The normalized spacial score (nSPS) is 22.1. The molecule has 3 rings (SSSR count). The van der Waals surface area contributed by atoms with E-state index in [0.29, 0.717) is 26.0 Å². The number of carbonyl (C=O) groups excluding carboxylic acids is 2. The number of urea groups is 1. The summed E-state index contributed by atoms with van der Waals surface area (Å²) in [5.41, 5.74) is 1.68. The smallest absolute Gasteiger partial charge is 0.327 e. The van der Waals surface area contributed by atoms with Gasteiger partial charge in [0.15, 0.2) is 0 Å². The monoisotopic (exact) mass is 293 g/mol. The number of hydrogen-bond acceptors (Lipinski definition) is 5. The van der Waals surface area contributed by atoms with Gasteiger partial charge >= 0.3 is 6.03 Å². The van der Waals surface area contributed by atoms with E-state index in [1.165, 1.54) is 4.90 Å². The fraction of sp³-hybridized carbons (Fsp3) is 0.643. The quantitative estimate of drug-likeness (QED) is 0.773. The van der Waals surface area contributed by atoms with Gasteiger partial charge in [0.05, 0.1) is 25.5 Å². The number of rotatable bonds is 4. The van der Waals surface area contributed by atoms with Gasteiger partial charge in [-0.25, -0.2) is 4.79 Å². The first-order valence-electron chi connectivity index (χ1n) is 7.33. The molecule has 2 aliphatic rings. The van der Waals surface area contributed by atoms with Gasteiger partial charge in [-0.3, -0.25) is 9.69 Å². The number of morpholine rings is 1. The number of fused-ring (bicyclic) bond motifs is 1. The predicted molar refractivity (Wildman–Crippen MR) is 72.5 cm³/mol. The van der Waals surface area contributed by atoms with Crippen LogP contribution in [0.3, 0.4) is 0 Å². The average Bonchev–Trinajstić information content (AvgIpc) is 3.02. The molecule has 0 saturated carbocycles. The number of aryl methyl sites for hydroxylation is 2. The van der Waals surface area contributed by atoms with E-state index in [0.717, 1.165) is 17.0 Å². The number of imide groups is 1. The highest BCUT2D eigenvalue weighted by molar-refractivity contribution is 6.04. The van der Waals surface area contributed by atoms with E-state index < -0.39 is 6.04 Å². The Balaban J connectivity index is 1.86. The summed E-state index contributed by atoms with van der Waals surface area (Å²) in [6, 6.07) is -0.708. The van der Waals surface area contributed by atoms with E-state index in [1.807, 2.05) is 13.8 Å². The average molecular weight is 293 g/mol. The van der Waals surface area contributed by atoms with Gasteiger partial charge < -0.3 is 14.2 Å². The molecule has 7 heteroatoms. The van der Waals surface area contributed by atoms with E-state index in [4.69, 9.17) is 9.26 Å². The van der Waals surface area contributed by atoms with Gasteiger partial charge in [0.2, 0.25) is 0 Å². The lowest BCUT2D eigenvalue weighted by molar-refractivity contribution is -0.131. The molecule has 3 amide bonds. The van der Waals surface area contributed by atoms with Gasteiger partial charge in [-0.1, -0.05) is 19.0 Å². The van der Waals surface area contributed by atoms with Crippen LogP contribution in [0.5, 0.6) is 0 Å². The second-order valence-corrected chi connectivity index (χ2v) is 5.23. The Kier molecular flexibility index (Phi) is 3.67. The third-order valence-corrected chi connectivity index (χ3v) is 4.08. The molecule has 0 aromatic carbocycles. The van der Waals surface area contributed by atoms with Gasteiger partial charge in [-0.2, -0.15) is 0 Å². The summed E-state index contributed by atoms with van der Waals surface area (Å²) < 4.78 is 10.6. The largest absolute Gasteiger partial charge is 0.377 e. The lowest BCUT2D eigenvalue weighted by atomic mass is 10.1. The second kappa shape index (κ2) is 5.48. The summed E-state index contributed by atoms with van der Waals surface area (Å²) in [4.78, 5) is 27.7. The topological polar surface area (TPSA) is 75.9 Å². The Bertz CT molecular complexity index is 523. The van der Waals surface area contributed by atoms with Crippen molar-refractivity contribution in [3.8, 4) is 0 Å². The maximum absolute atomic E-state index is 12.4. The van der Waals surface area contributed by atoms with Gasteiger partial charge in [0.1, 0.15) is 11.8 Å². The first-order chi connectivity index (χ1) is 10.2. The van der Waals surface area contributed by atoms with Crippen LogP contribution in [-0.2, 0) is 28.9 Å². The van der Waals surface area contributed by atoms with Crippen LogP contribution in [0.4, 0.5) is 4.79 Å². The van der Waals surface area contributed by atoms with E-state index in [2.05, 4.69) is 5.16 Å². The van der Waals surface area contributed by atoms with E-state index in [-0.39, 0.29) is 25.1 Å². The molecule has 1 unspecified atom stereocenters. The van der Waals surface area contributed by atoms with E-state index in [9.17, 15) is 9.59 Å². The Morgan fingerprint density at radius 1 is 1.29 bits per heavy atom. The number of ether oxygens (including phenoxy) is 1. The Morgan fingerprint density at radius 3 is 2.76 bits per heavy atom.